The van der Waals surface area contributed by atoms with Gasteiger partial charge in [0.15, 0.2) is 0 Å². The first kappa shape index (κ1) is 17.3. The van der Waals surface area contributed by atoms with Crippen LogP contribution < -0.4 is 15.1 Å². The molecule has 27 heavy (non-hydrogen) atoms. The van der Waals surface area contributed by atoms with Crippen LogP contribution in [0.4, 0.5) is 21.9 Å². The fraction of sp³-hybridized carbons (Fsp3) is 0.350. The van der Waals surface area contributed by atoms with Crippen LogP contribution in [0.5, 0.6) is 0 Å². The topological polar surface area (TPSA) is 68.8 Å². The Bertz CT molecular complexity index is 818. The van der Waals surface area contributed by atoms with E-state index >= 15 is 0 Å². The minimum Gasteiger partial charge on any atom is -0.368 e. The highest BCUT2D eigenvalue weighted by molar-refractivity contribution is 5.96. The van der Waals surface area contributed by atoms with Gasteiger partial charge in [-0.3, -0.25) is 9.78 Å². The maximum atomic E-state index is 12.6. The van der Waals surface area contributed by atoms with Gasteiger partial charge in [-0.2, -0.15) is 0 Å². The number of aromatic nitrogens is 1. The number of urea groups is 1. The van der Waals surface area contributed by atoms with E-state index in [0.717, 1.165) is 37.4 Å². The van der Waals surface area contributed by atoms with Gasteiger partial charge in [-0.15, -0.1) is 0 Å². The molecule has 0 unspecified atom stereocenters. The van der Waals surface area contributed by atoms with Crippen LogP contribution >= 0.6 is 0 Å². The van der Waals surface area contributed by atoms with Crippen LogP contribution in [0.3, 0.4) is 0 Å². The number of hydrogen-bond donors (Lipinski definition) is 1. The van der Waals surface area contributed by atoms with Gasteiger partial charge in [0.25, 0.3) is 0 Å². The molecule has 1 aromatic carbocycles. The quantitative estimate of drug-likeness (QED) is 0.908. The van der Waals surface area contributed by atoms with E-state index in [2.05, 4.69) is 15.2 Å². The first-order valence-corrected chi connectivity index (χ1v) is 9.32. The standard InChI is InChI=1S/C20H23N5O2/c26-19-5-2-10-25(19)18-4-1-3-16(15-18)22-20(27)24-13-11-23(12-14-24)17-6-8-21-9-7-17/h1,3-4,6-9,15H,2,5,10-14H2,(H,22,27). The molecule has 7 nitrogen and oxygen atoms in total. The van der Waals surface area contributed by atoms with Gasteiger partial charge in [-0.1, -0.05) is 6.07 Å². The Morgan fingerprint density at radius 3 is 2.44 bits per heavy atom. The van der Waals surface area contributed by atoms with Gasteiger partial charge in [-0.25, -0.2) is 4.79 Å². The molecule has 0 spiro atoms. The summed E-state index contributed by atoms with van der Waals surface area (Å²) in [5.74, 6) is 0.144. The van der Waals surface area contributed by atoms with Crippen molar-refractivity contribution in [1.29, 1.82) is 0 Å². The van der Waals surface area contributed by atoms with Gasteiger partial charge < -0.3 is 20.0 Å². The number of piperazine rings is 1. The smallest absolute Gasteiger partial charge is 0.321 e. The van der Waals surface area contributed by atoms with Gasteiger partial charge in [0.05, 0.1) is 0 Å². The average Bonchev–Trinajstić information content (AvgIpc) is 3.15. The van der Waals surface area contributed by atoms with Crippen molar-refractivity contribution < 1.29 is 9.59 Å². The lowest BCUT2D eigenvalue weighted by molar-refractivity contribution is -0.117. The maximum absolute atomic E-state index is 12.6. The summed E-state index contributed by atoms with van der Waals surface area (Å²) in [6.07, 6.45) is 5.05. The molecule has 0 aliphatic carbocycles. The van der Waals surface area contributed by atoms with Gasteiger partial charge >= 0.3 is 6.03 Å². The van der Waals surface area contributed by atoms with Crippen LogP contribution in [0.1, 0.15) is 12.8 Å². The minimum atomic E-state index is -0.103. The molecule has 3 heterocycles. The normalized spacial score (nSPS) is 17.3. The zero-order chi connectivity index (χ0) is 18.6. The van der Waals surface area contributed by atoms with E-state index in [1.54, 1.807) is 17.3 Å². The van der Waals surface area contributed by atoms with Crippen molar-refractivity contribution in [2.75, 3.05) is 47.8 Å². The molecule has 140 valence electrons. The summed E-state index contributed by atoms with van der Waals surface area (Å²) in [4.78, 5) is 34.4. The second kappa shape index (κ2) is 7.65. The summed E-state index contributed by atoms with van der Waals surface area (Å²) in [6, 6.07) is 11.4. The molecule has 3 amide bonds. The number of benzene rings is 1. The van der Waals surface area contributed by atoms with Gasteiger partial charge in [-0.05, 0) is 36.8 Å². The average molecular weight is 365 g/mol. The molecule has 1 aromatic heterocycles. The first-order chi connectivity index (χ1) is 13.2. The highest BCUT2D eigenvalue weighted by Gasteiger charge is 2.23. The third-order valence-electron chi connectivity index (χ3n) is 5.08. The number of amides is 3. The molecule has 0 radical (unpaired) electrons. The molecular formula is C20H23N5O2. The predicted octanol–water partition coefficient (Wildman–Crippen LogP) is 2.56. The van der Waals surface area contributed by atoms with E-state index in [0.29, 0.717) is 25.2 Å². The molecule has 2 aromatic rings. The lowest BCUT2D eigenvalue weighted by Crippen LogP contribution is -2.50. The Morgan fingerprint density at radius 2 is 1.74 bits per heavy atom. The number of anilines is 3. The van der Waals surface area contributed by atoms with E-state index in [9.17, 15) is 9.59 Å². The summed E-state index contributed by atoms with van der Waals surface area (Å²) in [7, 11) is 0. The zero-order valence-electron chi connectivity index (χ0n) is 15.2. The molecule has 4 rings (SSSR count). The fourth-order valence-electron chi connectivity index (χ4n) is 3.60. The first-order valence-electron chi connectivity index (χ1n) is 9.32. The summed E-state index contributed by atoms with van der Waals surface area (Å²) >= 11 is 0. The number of hydrogen-bond acceptors (Lipinski definition) is 4. The van der Waals surface area contributed by atoms with E-state index in [4.69, 9.17) is 0 Å². The van der Waals surface area contributed by atoms with Gasteiger partial charge in [0, 0.05) is 68.6 Å². The van der Waals surface area contributed by atoms with Crippen molar-refractivity contribution in [3.8, 4) is 0 Å². The summed E-state index contributed by atoms with van der Waals surface area (Å²) < 4.78 is 0. The van der Waals surface area contributed by atoms with Crippen molar-refractivity contribution in [1.82, 2.24) is 9.88 Å². The minimum absolute atomic E-state index is 0.103. The molecule has 1 N–H and O–H groups in total. The Morgan fingerprint density at radius 1 is 0.963 bits per heavy atom. The Kier molecular flexibility index (Phi) is 4.91. The van der Waals surface area contributed by atoms with Crippen LogP contribution in [0.15, 0.2) is 48.8 Å². The number of rotatable bonds is 3. The number of carbonyl (C=O) groups excluding carboxylic acids is 2. The van der Waals surface area contributed by atoms with Crippen LogP contribution in [0.2, 0.25) is 0 Å². The number of pyridine rings is 1. The molecule has 7 heteroatoms. The Labute approximate surface area is 158 Å². The van der Waals surface area contributed by atoms with Crippen molar-refractivity contribution in [2.45, 2.75) is 12.8 Å². The van der Waals surface area contributed by atoms with E-state index in [-0.39, 0.29) is 11.9 Å². The van der Waals surface area contributed by atoms with E-state index in [1.165, 1.54) is 0 Å². The number of nitrogens with zero attached hydrogens (tertiary/aromatic N) is 4. The third kappa shape index (κ3) is 3.86. The Balaban J connectivity index is 1.35. The van der Waals surface area contributed by atoms with Crippen LogP contribution in [0, 0.1) is 0 Å². The molecular weight excluding hydrogens is 342 g/mol. The second-order valence-corrected chi connectivity index (χ2v) is 6.81. The fourth-order valence-corrected chi connectivity index (χ4v) is 3.60. The summed E-state index contributed by atoms with van der Waals surface area (Å²) in [6.45, 7) is 3.66. The second-order valence-electron chi connectivity index (χ2n) is 6.81. The molecule has 2 aliphatic heterocycles. The molecule has 0 atom stereocenters. The van der Waals surface area contributed by atoms with Crippen LogP contribution in [-0.2, 0) is 4.79 Å². The van der Waals surface area contributed by atoms with Crippen LogP contribution in [-0.4, -0.2) is 54.5 Å². The largest absolute Gasteiger partial charge is 0.368 e. The van der Waals surface area contributed by atoms with Gasteiger partial charge in [0.1, 0.15) is 0 Å². The van der Waals surface area contributed by atoms with Crippen molar-refractivity contribution >= 4 is 29.0 Å². The Hall–Kier alpha value is -3.09. The lowest BCUT2D eigenvalue weighted by Gasteiger charge is -2.36. The lowest BCUT2D eigenvalue weighted by atomic mass is 10.2. The summed E-state index contributed by atoms with van der Waals surface area (Å²) in [5, 5.41) is 2.97. The number of carbonyl (C=O) groups is 2. The van der Waals surface area contributed by atoms with Crippen molar-refractivity contribution in [2.24, 2.45) is 0 Å². The predicted molar refractivity (Wildman–Crippen MR) is 105 cm³/mol. The molecule has 2 aliphatic rings. The van der Waals surface area contributed by atoms with Crippen molar-refractivity contribution in [3.05, 3.63) is 48.8 Å². The van der Waals surface area contributed by atoms with Crippen LogP contribution in [0.25, 0.3) is 0 Å². The monoisotopic (exact) mass is 365 g/mol. The SMILES string of the molecule is O=C(Nc1cccc(N2CCCC2=O)c1)N1CCN(c2ccncc2)CC1. The van der Waals surface area contributed by atoms with E-state index < -0.39 is 0 Å². The molecule has 0 saturated carbocycles. The maximum Gasteiger partial charge on any atom is 0.321 e. The zero-order valence-corrected chi connectivity index (χ0v) is 15.2. The molecule has 0 bridgehead atoms. The highest BCUT2D eigenvalue weighted by atomic mass is 16.2. The highest BCUT2D eigenvalue weighted by Crippen LogP contribution is 2.24. The van der Waals surface area contributed by atoms with Crippen molar-refractivity contribution in [3.63, 3.8) is 0 Å². The molecule has 2 fully saturated rings. The summed E-state index contributed by atoms with van der Waals surface area (Å²) in [5.41, 5.74) is 2.69. The third-order valence-corrected chi connectivity index (χ3v) is 5.08. The number of nitrogens with one attached hydrogen (secondary N) is 1. The molecule has 2 saturated heterocycles. The van der Waals surface area contributed by atoms with E-state index in [1.807, 2.05) is 41.3 Å². The van der Waals surface area contributed by atoms with Gasteiger partial charge in [0.2, 0.25) is 5.91 Å².